The van der Waals surface area contributed by atoms with E-state index in [0.717, 1.165) is 36.2 Å². The summed E-state index contributed by atoms with van der Waals surface area (Å²) in [6, 6.07) is 8.50. The van der Waals surface area contributed by atoms with Crippen molar-refractivity contribution in [2.75, 3.05) is 18.0 Å². The molecule has 25 heavy (non-hydrogen) atoms. The highest BCUT2D eigenvalue weighted by Gasteiger charge is 2.28. The summed E-state index contributed by atoms with van der Waals surface area (Å²) >= 11 is 0. The molecule has 0 saturated carbocycles. The Labute approximate surface area is 145 Å². The van der Waals surface area contributed by atoms with Crippen LogP contribution in [-0.2, 0) is 0 Å². The summed E-state index contributed by atoms with van der Waals surface area (Å²) in [5.74, 6) is -0.211. The van der Waals surface area contributed by atoms with Crippen LogP contribution in [0.4, 0.5) is 6.01 Å². The monoisotopic (exact) mass is 337 g/mol. The summed E-state index contributed by atoms with van der Waals surface area (Å²) in [5.41, 5.74) is 2.75. The molecular formula is C18H19N5O2. The minimum atomic E-state index is -0.211. The standard InChI is InChI=1S/C18H19N5O2/c1-12-9-20-15(11-19-12)17(24)21-10-13-5-4-8-23(13)18-22-14-6-2-3-7-16(14)25-18/h2-3,6-7,9,11,13H,4-5,8,10H2,1H3,(H,21,24)/t13-/m0/s1. The first kappa shape index (κ1) is 15.6. The number of rotatable bonds is 4. The lowest BCUT2D eigenvalue weighted by Gasteiger charge is -2.22. The van der Waals surface area contributed by atoms with Crippen molar-refractivity contribution in [2.45, 2.75) is 25.8 Å². The Balaban J connectivity index is 1.44. The second-order valence-electron chi connectivity index (χ2n) is 6.21. The molecule has 3 heterocycles. The Morgan fingerprint density at radius 1 is 1.32 bits per heavy atom. The van der Waals surface area contributed by atoms with Gasteiger partial charge in [-0.15, -0.1) is 0 Å². The van der Waals surface area contributed by atoms with Crippen LogP contribution in [0.1, 0.15) is 29.0 Å². The number of aromatic nitrogens is 3. The summed E-state index contributed by atoms with van der Waals surface area (Å²) < 4.78 is 5.87. The Hall–Kier alpha value is -2.96. The van der Waals surface area contributed by atoms with Crippen molar-refractivity contribution in [1.82, 2.24) is 20.3 Å². The van der Waals surface area contributed by atoms with Crippen LogP contribution in [0.15, 0.2) is 41.1 Å². The van der Waals surface area contributed by atoms with Crippen LogP contribution < -0.4 is 10.2 Å². The number of oxazole rings is 1. The van der Waals surface area contributed by atoms with Crippen LogP contribution in [0.25, 0.3) is 11.1 Å². The van der Waals surface area contributed by atoms with Gasteiger partial charge in [-0.1, -0.05) is 12.1 Å². The van der Waals surface area contributed by atoms with Crippen LogP contribution in [0.2, 0.25) is 0 Å². The van der Waals surface area contributed by atoms with E-state index in [9.17, 15) is 4.79 Å². The summed E-state index contributed by atoms with van der Waals surface area (Å²) in [6.07, 6.45) is 5.12. The highest BCUT2D eigenvalue weighted by Crippen LogP contribution is 2.27. The molecule has 1 atom stereocenters. The smallest absolute Gasteiger partial charge is 0.298 e. The number of benzene rings is 1. The van der Waals surface area contributed by atoms with Crippen molar-refractivity contribution in [3.63, 3.8) is 0 Å². The van der Waals surface area contributed by atoms with E-state index in [-0.39, 0.29) is 11.9 Å². The molecule has 3 aromatic rings. The molecule has 0 aliphatic carbocycles. The van der Waals surface area contributed by atoms with Crippen LogP contribution in [0.3, 0.4) is 0 Å². The van der Waals surface area contributed by atoms with Gasteiger partial charge in [-0.3, -0.25) is 9.78 Å². The number of carbonyl (C=O) groups excluding carboxylic acids is 1. The zero-order valence-electron chi connectivity index (χ0n) is 14.0. The fourth-order valence-electron chi connectivity index (χ4n) is 3.09. The maximum absolute atomic E-state index is 12.2. The van der Waals surface area contributed by atoms with Crippen LogP contribution in [0, 0.1) is 6.92 Å². The van der Waals surface area contributed by atoms with Crippen molar-refractivity contribution >= 4 is 23.0 Å². The van der Waals surface area contributed by atoms with Crippen molar-refractivity contribution in [1.29, 1.82) is 0 Å². The van der Waals surface area contributed by atoms with E-state index in [1.807, 2.05) is 31.2 Å². The highest BCUT2D eigenvalue weighted by atomic mass is 16.4. The van der Waals surface area contributed by atoms with E-state index < -0.39 is 0 Å². The SMILES string of the molecule is Cc1cnc(C(=O)NC[C@@H]2CCCN2c2nc3ccccc3o2)cn1. The van der Waals surface area contributed by atoms with Gasteiger partial charge in [-0.05, 0) is 31.9 Å². The third-order valence-electron chi connectivity index (χ3n) is 4.42. The average molecular weight is 337 g/mol. The molecule has 4 rings (SSSR count). The first-order valence-corrected chi connectivity index (χ1v) is 8.40. The largest absolute Gasteiger partial charge is 0.423 e. The molecule has 0 unspecified atom stereocenters. The second-order valence-corrected chi connectivity index (χ2v) is 6.21. The number of hydrogen-bond acceptors (Lipinski definition) is 6. The molecule has 2 aromatic heterocycles. The minimum absolute atomic E-state index is 0.162. The molecule has 7 heteroatoms. The van der Waals surface area contributed by atoms with Gasteiger partial charge in [0.05, 0.1) is 17.9 Å². The van der Waals surface area contributed by atoms with Crippen LogP contribution >= 0.6 is 0 Å². The van der Waals surface area contributed by atoms with E-state index >= 15 is 0 Å². The Bertz CT molecular complexity index is 857. The summed E-state index contributed by atoms with van der Waals surface area (Å²) in [4.78, 5) is 27.1. The third-order valence-corrected chi connectivity index (χ3v) is 4.42. The van der Waals surface area contributed by atoms with Gasteiger partial charge in [0, 0.05) is 19.3 Å². The number of aryl methyl sites for hydroxylation is 1. The molecule has 0 bridgehead atoms. The van der Waals surface area contributed by atoms with Crippen LogP contribution in [0.5, 0.6) is 0 Å². The second kappa shape index (κ2) is 6.51. The number of amides is 1. The van der Waals surface area contributed by atoms with Gasteiger partial charge in [0.2, 0.25) is 0 Å². The molecule has 1 saturated heterocycles. The molecule has 128 valence electrons. The van der Waals surface area contributed by atoms with Gasteiger partial charge in [-0.2, -0.15) is 4.98 Å². The van der Waals surface area contributed by atoms with Crippen molar-refractivity contribution < 1.29 is 9.21 Å². The first-order valence-electron chi connectivity index (χ1n) is 8.40. The lowest BCUT2D eigenvalue weighted by atomic mass is 10.2. The number of nitrogens with one attached hydrogen (secondary N) is 1. The highest BCUT2D eigenvalue weighted by molar-refractivity contribution is 5.91. The number of anilines is 1. The predicted octanol–water partition coefficient (Wildman–Crippen LogP) is 2.33. The predicted molar refractivity (Wildman–Crippen MR) is 93.5 cm³/mol. The number of hydrogen-bond donors (Lipinski definition) is 1. The first-order chi connectivity index (χ1) is 12.2. The summed E-state index contributed by atoms with van der Waals surface area (Å²) in [7, 11) is 0. The molecule has 0 radical (unpaired) electrons. The fourth-order valence-corrected chi connectivity index (χ4v) is 3.09. The quantitative estimate of drug-likeness (QED) is 0.786. The number of nitrogens with zero attached hydrogens (tertiary/aromatic N) is 4. The number of carbonyl (C=O) groups is 1. The molecule has 1 amide bonds. The molecular weight excluding hydrogens is 318 g/mol. The zero-order chi connectivity index (χ0) is 17.2. The lowest BCUT2D eigenvalue weighted by Crippen LogP contribution is -2.40. The normalized spacial score (nSPS) is 17.2. The zero-order valence-corrected chi connectivity index (χ0v) is 14.0. The Morgan fingerprint density at radius 2 is 2.20 bits per heavy atom. The number of para-hydroxylation sites is 2. The molecule has 1 aliphatic rings. The Kier molecular flexibility index (Phi) is 4.05. The van der Waals surface area contributed by atoms with E-state index in [0.29, 0.717) is 18.3 Å². The number of fused-ring (bicyclic) bond motifs is 1. The maximum Gasteiger partial charge on any atom is 0.298 e. The van der Waals surface area contributed by atoms with E-state index in [1.165, 1.54) is 6.20 Å². The minimum Gasteiger partial charge on any atom is -0.423 e. The lowest BCUT2D eigenvalue weighted by molar-refractivity contribution is 0.0945. The van der Waals surface area contributed by atoms with Gasteiger partial charge in [0.25, 0.3) is 11.9 Å². The average Bonchev–Trinajstić information content (AvgIpc) is 3.26. The third kappa shape index (κ3) is 3.17. The van der Waals surface area contributed by atoms with E-state index in [4.69, 9.17) is 4.42 Å². The van der Waals surface area contributed by atoms with E-state index in [1.54, 1.807) is 6.20 Å². The van der Waals surface area contributed by atoms with Crippen molar-refractivity contribution in [3.8, 4) is 0 Å². The summed E-state index contributed by atoms with van der Waals surface area (Å²) in [6.45, 7) is 3.23. The van der Waals surface area contributed by atoms with Crippen molar-refractivity contribution in [2.24, 2.45) is 0 Å². The maximum atomic E-state index is 12.2. The topological polar surface area (TPSA) is 84.2 Å². The van der Waals surface area contributed by atoms with Gasteiger partial charge < -0.3 is 14.6 Å². The molecule has 1 fully saturated rings. The fraction of sp³-hybridized carbons (Fsp3) is 0.333. The van der Waals surface area contributed by atoms with Crippen molar-refractivity contribution in [3.05, 3.63) is 48.0 Å². The van der Waals surface area contributed by atoms with E-state index in [2.05, 4.69) is 25.2 Å². The van der Waals surface area contributed by atoms with Gasteiger partial charge in [0.15, 0.2) is 5.58 Å². The van der Waals surface area contributed by atoms with Gasteiger partial charge >= 0.3 is 0 Å². The molecule has 1 aliphatic heterocycles. The molecule has 1 N–H and O–H groups in total. The van der Waals surface area contributed by atoms with Crippen LogP contribution in [-0.4, -0.2) is 40.0 Å². The molecule has 0 spiro atoms. The van der Waals surface area contributed by atoms with Gasteiger partial charge in [-0.25, -0.2) is 4.98 Å². The summed E-state index contributed by atoms with van der Waals surface area (Å²) in [5, 5.41) is 2.94. The Morgan fingerprint density at radius 3 is 3.00 bits per heavy atom. The van der Waals surface area contributed by atoms with Gasteiger partial charge in [0.1, 0.15) is 11.2 Å². The molecule has 1 aromatic carbocycles. The molecule has 7 nitrogen and oxygen atoms in total.